The minimum Gasteiger partial charge on any atom is -1.00 e. The Morgan fingerprint density at radius 1 is 1.83 bits per heavy atom. The van der Waals surface area contributed by atoms with Crippen LogP contribution in [0.25, 0.3) is 0 Å². The molecule has 0 aromatic heterocycles. The average Bonchev–Trinajstić information content (AvgIpc) is 1.97. The van der Waals surface area contributed by atoms with E-state index in [0.717, 1.165) is 0 Å². The molecule has 12 heavy (non-hydrogen) atoms. The summed E-state index contributed by atoms with van der Waals surface area (Å²) in [5.74, 6) is -0.882. The molecule has 5 nitrogen and oxygen atoms in total. The number of rotatable bonds is 6. The Balaban J connectivity index is -0.000000167. The maximum Gasteiger partial charge on any atom is 2.00 e. The third-order valence-corrected chi connectivity index (χ3v) is 1.10. The van der Waals surface area contributed by atoms with E-state index in [2.05, 4.69) is 5.48 Å². The van der Waals surface area contributed by atoms with Crippen molar-refractivity contribution < 1.29 is 17.6 Å². The third-order valence-electron chi connectivity index (χ3n) is 1.10. The summed E-state index contributed by atoms with van der Waals surface area (Å²) in [6.45, 7) is 2.56. The Bertz CT molecular complexity index is 132. The van der Waals surface area contributed by atoms with Crippen LogP contribution in [0.2, 0.25) is 0 Å². The Kier molecular flexibility index (Phi) is 11.2. The summed E-state index contributed by atoms with van der Waals surface area (Å²) in [5, 5.41) is 8.36. The quantitative estimate of drug-likeness (QED) is 0.374. The van der Waals surface area contributed by atoms with Gasteiger partial charge in [0.2, 0.25) is 0 Å². The number of nitrogens with two attached hydrogens (primary N) is 1. The van der Waals surface area contributed by atoms with E-state index in [1.165, 1.54) is 0 Å². The van der Waals surface area contributed by atoms with E-state index < -0.39 is 5.97 Å². The predicted molar refractivity (Wildman–Crippen MR) is 47.8 cm³/mol. The van der Waals surface area contributed by atoms with Gasteiger partial charge in [0.05, 0.1) is 19.1 Å². The molecule has 0 aromatic carbocycles. The van der Waals surface area contributed by atoms with Gasteiger partial charge in [-0.15, -0.1) is 0 Å². The summed E-state index contributed by atoms with van der Waals surface area (Å²) in [5.41, 5.74) is 7.80. The molecule has 0 rings (SSSR count). The Hall–Kier alpha value is 0.116. The van der Waals surface area contributed by atoms with Crippen LogP contribution >= 0.6 is 0 Å². The van der Waals surface area contributed by atoms with Crippen LogP contribution in [0.1, 0.15) is 16.2 Å². The van der Waals surface area contributed by atoms with Gasteiger partial charge < -0.3 is 18.5 Å². The summed E-state index contributed by atoms with van der Waals surface area (Å²) in [6, 6.07) is -0.299. The van der Waals surface area contributed by atoms with Crippen molar-refractivity contribution in [2.24, 2.45) is 5.73 Å². The van der Waals surface area contributed by atoms with Gasteiger partial charge in [-0.1, -0.05) is 0 Å². The molecule has 0 heterocycles. The number of carboxylic acid groups (broad SMARTS) is 1. The van der Waals surface area contributed by atoms with Gasteiger partial charge in [-0.3, -0.25) is 4.79 Å². The zero-order chi connectivity index (χ0) is 8.69. The van der Waals surface area contributed by atoms with Crippen molar-refractivity contribution in [3.05, 3.63) is 0 Å². The standard InChI is InChI=1S/C6H14N2O3.Mg.2H/c1-2-11-8-5(4-7)3-6(9)10;;;/h5,8H,2-4,7H2,1H3,(H,9,10);;;/q;+2;2*-1. The fraction of sp³-hybridized carbons (Fsp3) is 0.833. The molecule has 0 saturated carbocycles. The van der Waals surface area contributed by atoms with E-state index in [9.17, 15) is 4.79 Å². The molecular weight excluding hydrogens is 172 g/mol. The Morgan fingerprint density at radius 3 is 2.75 bits per heavy atom. The fourth-order valence-corrected chi connectivity index (χ4v) is 0.585. The largest absolute Gasteiger partial charge is 2.00 e. The normalized spacial score (nSPS) is 11.8. The summed E-state index contributed by atoms with van der Waals surface area (Å²) < 4.78 is 0. The van der Waals surface area contributed by atoms with Gasteiger partial charge in [-0.2, -0.15) is 5.48 Å². The molecule has 0 fully saturated rings. The number of nitrogens with one attached hydrogen (secondary N) is 1. The maximum atomic E-state index is 10.2. The average molecular weight is 189 g/mol. The van der Waals surface area contributed by atoms with Gasteiger partial charge >= 0.3 is 29.0 Å². The van der Waals surface area contributed by atoms with Crippen molar-refractivity contribution >= 4 is 29.0 Å². The van der Waals surface area contributed by atoms with E-state index in [4.69, 9.17) is 15.7 Å². The molecule has 6 heteroatoms. The van der Waals surface area contributed by atoms with Crippen molar-refractivity contribution in [1.29, 1.82) is 0 Å². The first-order valence-electron chi connectivity index (χ1n) is 3.49. The zero-order valence-electron chi connectivity index (χ0n) is 9.25. The molecular formula is C6H16MgN2O3. The van der Waals surface area contributed by atoms with E-state index in [1.54, 1.807) is 6.92 Å². The molecule has 0 bridgehead atoms. The molecule has 0 aliphatic rings. The Labute approximate surface area is 90.7 Å². The third kappa shape index (κ3) is 8.22. The number of hydroxylamine groups is 1. The van der Waals surface area contributed by atoms with Gasteiger partial charge in [-0.05, 0) is 6.92 Å². The molecule has 0 spiro atoms. The molecule has 0 radical (unpaired) electrons. The summed E-state index contributed by atoms with van der Waals surface area (Å²) in [6.07, 6.45) is -0.0174. The van der Waals surface area contributed by atoms with Crippen LogP contribution in [0, 0.1) is 0 Å². The van der Waals surface area contributed by atoms with Crippen LogP contribution in [0.5, 0.6) is 0 Å². The van der Waals surface area contributed by atoms with Crippen LogP contribution in [-0.2, 0) is 9.63 Å². The minimum atomic E-state index is -0.882. The van der Waals surface area contributed by atoms with Crippen molar-refractivity contribution in [3.8, 4) is 0 Å². The molecule has 1 atom stereocenters. The van der Waals surface area contributed by atoms with Crippen molar-refractivity contribution in [3.63, 3.8) is 0 Å². The SMILES string of the molecule is CCONC(CN)CC(=O)O.[H-].[H-].[Mg+2]. The summed E-state index contributed by atoms with van der Waals surface area (Å²) >= 11 is 0. The summed E-state index contributed by atoms with van der Waals surface area (Å²) in [7, 11) is 0. The molecule has 0 saturated heterocycles. The first kappa shape index (κ1) is 14.6. The summed E-state index contributed by atoms with van der Waals surface area (Å²) in [4.78, 5) is 15.0. The number of hydrogen-bond donors (Lipinski definition) is 3. The molecule has 0 amide bonds. The van der Waals surface area contributed by atoms with Crippen LogP contribution < -0.4 is 11.2 Å². The van der Waals surface area contributed by atoms with Crippen molar-refractivity contribution in [1.82, 2.24) is 5.48 Å². The minimum absolute atomic E-state index is 0. The topological polar surface area (TPSA) is 84.6 Å². The predicted octanol–water partition coefficient (Wildman–Crippen LogP) is -0.826. The molecule has 0 aliphatic heterocycles. The van der Waals surface area contributed by atoms with Gasteiger partial charge in [0.15, 0.2) is 0 Å². The van der Waals surface area contributed by atoms with E-state index in [1.807, 2.05) is 0 Å². The van der Waals surface area contributed by atoms with Gasteiger partial charge in [0.1, 0.15) is 0 Å². The molecule has 4 N–H and O–H groups in total. The van der Waals surface area contributed by atoms with E-state index in [0.29, 0.717) is 6.61 Å². The monoisotopic (exact) mass is 188 g/mol. The molecule has 70 valence electrons. The smallest absolute Gasteiger partial charge is 1.00 e. The van der Waals surface area contributed by atoms with E-state index in [-0.39, 0.29) is 44.9 Å². The molecule has 0 aromatic rings. The van der Waals surface area contributed by atoms with Crippen LogP contribution in [0.3, 0.4) is 0 Å². The maximum absolute atomic E-state index is 10.2. The number of hydrogen-bond acceptors (Lipinski definition) is 4. The second-order valence-corrected chi connectivity index (χ2v) is 2.08. The van der Waals surface area contributed by atoms with Crippen LogP contribution in [0.15, 0.2) is 0 Å². The van der Waals surface area contributed by atoms with E-state index >= 15 is 0 Å². The Morgan fingerprint density at radius 2 is 2.42 bits per heavy atom. The van der Waals surface area contributed by atoms with Gasteiger partial charge in [0, 0.05) is 6.54 Å². The van der Waals surface area contributed by atoms with Crippen LogP contribution in [0.4, 0.5) is 0 Å². The number of carboxylic acids is 1. The number of aliphatic carboxylic acids is 1. The van der Waals surface area contributed by atoms with Crippen molar-refractivity contribution in [2.45, 2.75) is 19.4 Å². The molecule has 1 unspecified atom stereocenters. The second-order valence-electron chi connectivity index (χ2n) is 2.08. The van der Waals surface area contributed by atoms with Crippen molar-refractivity contribution in [2.75, 3.05) is 13.2 Å². The van der Waals surface area contributed by atoms with Gasteiger partial charge in [-0.25, -0.2) is 0 Å². The first-order valence-corrected chi connectivity index (χ1v) is 3.49. The number of carbonyl (C=O) groups is 1. The fourth-order valence-electron chi connectivity index (χ4n) is 0.585. The van der Waals surface area contributed by atoms with Crippen LogP contribution in [-0.4, -0.2) is 53.3 Å². The second kappa shape index (κ2) is 9.21. The van der Waals surface area contributed by atoms with Gasteiger partial charge in [0.25, 0.3) is 0 Å². The molecule has 0 aliphatic carbocycles. The zero-order valence-corrected chi connectivity index (χ0v) is 8.66. The first-order chi connectivity index (χ1) is 5.20.